The van der Waals surface area contributed by atoms with Crippen LogP contribution in [0.4, 0.5) is 0 Å². The maximum Gasteiger partial charge on any atom is 0.344 e. The van der Waals surface area contributed by atoms with E-state index in [1.807, 2.05) is 48.7 Å². The minimum Gasteiger partial charge on any atom is -0.490 e. The van der Waals surface area contributed by atoms with Crippen LogP contribution in [0.25, 0.3) is 10.1 Å². The first-order valence-electron chi connectivity index (χ1n) is 7.73. The lowest BCUT2D eigenvalue weighted by molar-refractivity contribution is -0.147. The minimum atomic E-state index is -0.406. The van der Waals surface area contributed by atoms with Gasteiger partial charge in [0.2, 0.25) is 0 Å². The molecule has 4 nitrogen and oxygen atoms in total. The predicted molar refractivity (Wildman–Crippen MR) is 94.7 cm³/mol. The summed E-state index contributed by atoms with van der Waals surface area (Å²) in [5.41, 5.74) is 1.01. The van der Waals surface area contributed by atoms with Gasteiger partial charge in [0.05, 0.1) is 6.61 Å². The number of benzene rings is 2. The number of carbonyl (C=O) groups excluding carboxylic acids is 1. The molecule has 24 heavy (non-hydrogen) atoms. The summed E-state index contributed by atoms with van der Waals surface area (Å²) in [6, 6.07) is 15.3. The van der Waals surface area contributed by atoms with Crippen LogP contribution < -0.4 is 9.47 Å². The van der Waals surface area contributed by atoms with Crippen molar-refractivity contribution in [3.05, 3.63) is 59.5 Å². The van der Waals surface area contributed by atoms with Crippen molar-refractivity contribution in [1.82, 2.24) is 0 Å². The zero-order chi connectivity index (χ0) is 16.8. The van der Waals surface area contributed by atoms with E-state index in [1.165, 1.54) is 4.70 Å². The van der Waals surface area contributed by atoms with Crippen molar-refractivity contribution in [2.45, 2.75) is 13.5 Å². The lowest BCUT2D eigenvalue weighted by Crippen LogP contribution is -2.15. The number of esters is 1. The summed E-state index contributed by atoms with van der Waals surface area (Å²) in [5.74, 6) is 0.755. The number of carbonyl (C=O) groups is 1. The average molecular weight is 342 g/mol. The maximum absolute atomic E-state index is 11.9. The Morgan fingerprint density at radius 1 is 1.00 bits per heavy atom. The van der Waals surface area contributed by atoms with Gasteiger partial charge in [-0.25, -0.2) is 4.79 Å². The molecule has 5 heteroatoms. The van der Waals surface area contributed by atoms with Gasteiger partial charge < -0.3 is 14.2 Å². The summed E-state index contributed by atoms with van der Waals surface area (Å²) in [7, 11) is 0. The van der Waals surface area contributed by atoms with E-state index in [4.69, 9.17) is 14.2 Å². The molecule has 0 radical (unpaired) electrons. The molecule has 0 saturated carbocycles. The Bertz CT molecular complexity index is 825. The van der Waals surface area contributed by atoms with Crippen molar-refractivity contribution in [3.8, 4) is 11.5 Å². The largest absolute Gasteiger partial charge is 0.490 e. The summed E-state index contributed by atoms with van der Waals surface area (Å²) >= 11 is 1.64. The average Bonchev–Trinajstić information content (AvgIpc) is 3.03. The van der Waals surface area contributed by atoms with Crippen molar-refractivity contribution in [3.63, 3.8) is 0 Å². The molecule has 0 atom stereocenters. The van der Waals surface area contributed by atoms with Gasteiger partial charge in [-0.05, 0) is 35.9 Å². The van der Waals surface area contributed by atoms with Crippen LogP contribution in [-0.2, 0) is 16.1 Å². The molecule has 0 unspecified atom stereocenters. The summed E-state index contributed by atoms with van der Waals surface area (Å²) < 4.78 is 17.5. The molecule has 0 amide bonds. The molecule has 0 N–H and O–H groups in total. The van der Waals surface area contributed by atoms with Crippen LogP contribution in [0.1, 0.15) is 12.5 Å². The fourth-order valence-corrected chi connectivity index (χ4v) is 3.27. The van der Waals surface area contributed by atoms with Crippen LogP contribution in [0.15, 0.2) is 53.9 Å². The zero-order valence-electron chi connectivity index (χ0n) is 13.4. The Morgan fingerprint density at radius 3 is 2.50 bits per heavy atom. The number of hydrogen-bond donors (Lipinski definition) is 0. The normalized spacial score (nSPS) is 10.5. The van der Waals surface area contributed by atoms with E-state index in [0.29, 0.717) is 18.1 Å². The molecule has 124 valence electrons. The maximum atomic E-state index is 11.9. The molecule has 0 spiro atoms. The molecule has 0 aliphatic carbocycles. The Hall–Kier alpha value is -2.53. The van der Waals surface area contributed by atoms with Gasteiger partial charge in [-0.15, -0.1) is 11.3 Å². The van der Waals surface area contributed by atoms with Gasteiger partial charge in [-0.3, -0.25) is 0 Å². The van der Waals surface area contributed by atoms with Gasteiger partial charge in [-0.1, -0.05) is 30.3 Å². The van der Waals surface area contributed by atoms with Gasteiger partial charge in [0, 0.05) is 10.3 Å². The Balaban J connectivity index is 1.55. The molecule has 1 aromatic heterocycles. The van der Waals surface area contributed by atoms with Crippen LogP contribution in [0.2, 0.25) is 0 Å². The van der Waals surface area contributed by atoms with Crippen molar-refractivity contribution < 1.29 is 19.0 Å². The monoisotopic (exact) mass is 342 g/mol. The first kappa shape index (κ1) is 16.3. The van der Waals surface area contributed by atoms with Crippen LogP contribution >= 0.6 is 11.3 Å². The predicted octanol–water partition coefficient (Wildman–Crippen LogP) is 4.42. The topological polar surface area (TPSA) is 44.8 Å². The number of hydrogen-bond acceptors (Lipinski definition) is 5. The number of rotatable bonds is 7. The SMILES string of the molecule is CCOc1ccccc1OCC(=O)OCc1csc2ccccc12. The first-order valence-corrected chi connectivity index (χ1v) is 8.61. The molecule has 0 bridgehead atoms. The lowest BCUT2D eigenvalue weighted by Gasteiger charge is -2.11. The van der Waals surface area contributed by atoms with E-state index in [2.05, 4.69) is 6.07 Å². The molecule has 0 saturated heterocycles. The number of ether oxygens (including phenoxy) is 3. The third-order valence-corrected chi connectivity index (χ3v) is 4.46. The lowest BCUT2D eigenvalue weighted by atomic mass is 10.2. The Labute approximate surface area is 144 Å². The second-order valence-electron chi connectivity index (χ2n) is 5.09. The highest BCUT2D eigenvalue weighted by atomic mass is 32.1. The molecule has 3 aromatic rings. The zero-order valence-corrected chi connectivity index (χ0v) is 14.2. The van der Waals surface area contributed by atoms with E-state index in [9.17, 15) is 4.79 Å². The van der Waals surface area contributed by atoms with Crippen molar-refractivity contribution in [2.24, 2.45) is 0 Å². The quantitative estimate of drug-likeness (QED) is 0.596. The smallest absolute Gasteiger partial charge is 0.344 e. The number of fused-ring (bicyclic) bond motifs is 1. The molecular formula is C19H18O4S. The summed E-state index contributed by atoms with van der Waals surface area (Å²) in [6.45, 7) is 2.54. The fourth-order valence-electron chi connectivity index (χ4n) is 2.33. The summed E-state index contributed by atoms with van der Waals surface area (Å²) in [6.07, 6.45) is 0. The minimum absolute atomic E-state index is 0.147. The van der Waals surface area contributed by atoms with Crippen molar-refractivity contribution in [1.29, 1.82) is 0 Å². The summed E-state index contributed by atoms with van der Waals surface area (Å²) in [4.78, 5) is 11.9. The first-order chi connectivity index (χ1) is 11.8. The van der Waals surface area contributed by atoms with Gasteiger partial charge in [0.1, 0.15) is 6.61 Å². The second kappa shape index (κ2) is 7.84. The molecule has 3 rings (SSSR count). The van der Waals surface area contributed by atoms with Crippen molar-refractivity contribution >= 4 is 27.4 Å². The molecular weight excluding hydrogens is 324 g/mol. The van der Waals surface area contributed by atoms with Gasteiger partial charge in [-0.2, -0.15) is 0 Å². The van der Waals surface area contributed by atoms with E-state index in [1.54, 1.807) is 17.4 Å². The fraction of sp³-hybridized carbons (Fsp3) is 0.211. The third-order valence-electron chi connectivity index (χ3n) is 3.44. The highest BCUT2D eigenvalue weighted by Gasteiger charge is 2.10. The van der Waals surface area contributed by atoms with Gasteiger partial charge in [0.15, 0.2) is 18.1 Å². The summed E-state index contributed by atoms with van der Waals surface area (Å²) in [5, 5.41) is 3.14. The van der Waals surface area contributed by atoms with Crippen LogP contribution in [-0.4, -0.2) is 19.2 Å². The van der Waals surface area contributed by atoms with Crippen LogP contribution in [0.5, 0.6) is 11.5 Å². The highest BCUT2D eigenvalue weighted by Crippen LogP contribution is 2.27. The molecule has 2 aromatic carbocycles. The molecule has 0 fully saturated rings. The standard InChI is InChI=1S/C19H18O4S/c1-2-21-16-8-4-5-9-17(16)22-12-19(20)23-11-14-13-24-18-10-6-3-7-15(14)18/h3-10,13H,2,11-12H2,1H3. The van der Waals surface area contributed by atoms with Crippen LogP contribution in [0, 0.1) is 0 Å². The van der Waals surface area contributed by atoms with E-state index in [-0.39, 0.29) is 13.2 Å². The van der Waals surface area contributed by atoms with E-state index >= 15 is 0 Å². The van der Waals surface area contributed by atoms with Gasteiger partial charge >= 0.3 is 5.97 Å². The third kappa shape index (κ3) is 3.86. The van der Waals surface area contributed by atoms with E-state index < -0.39 is 5.97 Å². The van der Waals surface area contributed by atoms with Gasteiger partial charge in [0.25, 0.3) is 0 Å². The number of para-hydroxylation sites is 2. The molecule has 1 heterocycles. The number of thiophene rings is 1. The van der Waals surface area contributed by atoms with E-state index in [0.717, 1.165) is 10.9 Å². The second-order valence-corrected chi connectivity index (χ2v) is 6.00. The highest BCUT2D eigenvalue weighted by molar-refractivity contribution is 7.17. The molecule has 0 aliphatic rings. The molecule has 0 aliphatic heterocycles. The Morgan fingerprint density at radius 2 is 1.71 bits per heavy atom. The van der Waals surface area contributed by atoms with Crippen LogP contribution in [0.3, 0.4) is 0 Å². The van der Waals surface area contributed by atoms with Crippen molar-refractivity contribution in [2.75, 3.05) is 13.2 Å². The Kier molecular flexibility index (Phi) is 5.33.